The van der Waals surface area contributed by atoms with Gasteiger partial charge in [0.1, 0.15) is 0 Å². The Kier molecular flexibility index (Phi) is 5.84. The molecule has 5 aromatic rings. The molecule has 0 aliphatic carbocycles. The van der Waals surface area contributed by atoms with E-state index < -0.39 is 0 Å². The highest BCUT2D eigenvalue weighted by atomic mass is 127. The molecule has 0 spiro atoms. The van der Waals surface area contributed by atoms with Crippen LogP contribution in [0.1, 0.15) is 28.3 Å². The Morgan fingerprint density at radius 1 is 0.971 bits per heavy atom. The molecule has 2 heterocycles. The maximum absolute atomic E-state index is 12.8. The molecule has 0 N–H and O–H groups in total. The van der Waals surface area contributed by atoms with Gasteiger partial charge in [0.15, 0.2) is 0 Å². The fraction of sp³-hybridized carbons (Fsp3) is 0.103. The van der Waals surface area contributed by atoms with Crippen LogP contribution in [0.2, 0.25) is 0 Å². The van der Waals surface area contributed by atoms with Gasteiger partial charge in [-0.25, -0.2) is 4.98 Å². The van der Waals surface area contributed by atoms with Crippen LogP contribution < -0.4 is 5.56 Å². The van der Waals surface area contributed by atoms with Crippen molar-refractivity contribution in [1.82, 2.24) is 14.1 Å². The van der Waals surface area contributed by atoms with Gasteiger partial charge in [0.2, 0.25) is 0 Å². The molecule has 5 rings (SSSR count). The molecule has 0 aliphatic rings. The molecule has 34 heavy (non-hydrogen) atoms. The average Bonchev–Trinajstić information content (AvgIpc) is 3.28. The molecule has 0 radical (unpaired) electrons. The minimum atomic E-state index is -0.0535. The van der Waals surface area contributed by atoms with Gasteiger partial charge in [0.25, 0.3) is 5.56 Å². The number of pyridine rings is 1. The minimum absolute atomic E-state index is 0.00368. The molecule has 0 bridgehead atoms. The molecule has 0 fully saturated rings. The summed E-state index contributed by atoms with van der Waals surface area (Å²) in [7, 11) is 3.83. The molecule has 0 unspecified atom stereocenters. The van der Waals surface area contributed by atoms with Crippen LogP contribution in [0.15, 0.2) is 90.1 Å². The van der Waals surface area contributed by atoms with Crippen LogP contribution >= 0.6 is 22.6 Å². The van der Waals surface area contributed by atoms with Gasteiger partial charge in [-0.15, -0.1) is 6.42 Å². The van der Waals surface area contributed by atoms with Crippen LogP contribution in [0.5, 0.6) is 0 Å². The SMILES string of the molecule is C#Cc1cccc(-c2cc(=O)n(C)c3ccc([C@@H](c4ccc(I)cc4)c4cncn4C)cc23)c1. The zero-order chi connectivity index (χ0) is 23.8. The minimum Gasteiger partial charge on any atom is -0.337 e. The molecule has 4 nitrogen and oxygen atoms in total. The van der Waals surface area contributed by atoms with E-state index in [0.29, 0.717) is 0 Å². The molecule has 0 saturated carbocycles. The second-order valence-corrected chi connectivity index (χ2v) is 9.62. The molecule has 0 aliphatic heterocycles. The van der Waals surface area contributed by atoms with Crippen molar-refractivity contribution < 1.29 is 0 Å². The van der Waals surface area contributed by atoms with Crippen molar-refractivity contribution >= 4 is 33.5 Å². The summed E-state index contributed by atoms with van der Waals surface area (Å²) in [4.78, 5) is 17.2. The summed E-state index contributed by atoms with van der Waals surface area (Å²) in [5, 5.41) is 1.01. The van der Waals surface area contributed by atoms with Crippen molar-refractivity contribution in [3.63, 3.8) is 0 Å². The molecular formula is C29H22IN3O. The smallest absolute Gasteiger partial charge is 0.251 e. The zero-order valence-electron chi connectivity index (χ0n) is 18.9. The fourth-order valence-corrected chi connectivity index (χ4v) is 4.87. The van der Waals surface area contributed by atoms with Gasteiger partial charge < -0.3 is 9.13 Å². The quantitative estimate of drug-likeness (QED) is 0.211. The lowest BCUT2D eigenvalue weighted by Crippen LogP contribution is -2.16. The largest absolute Gasteiger partial charge is 0.337 e. The Bertz CT molecular complexity index is 1620. The number of nitrogens with zero attached hydrogens (tertiary/aromatic N) is 3. The first-order valence-corrected chi connectivity index (χ1v) is 12.0. The Balaban J connectivity index is 1.79. The number of aryl methyl sites for hydroxylation is 2. The second kappa shape index (κ2) is 8.96. The molecule has 0 amide bonds. The van der Waals surface area contributed by atoms with Crippen molar-refractivity contribution in [2.75, 3.05) is 0 Å². The topological polar surface area (TPSA) is 39.8 Å². The molecule has 166 valence electrons. The third-order valence-corrected chi connectivity index (χ3v) is 7.02. The van der Waals surface area contributed by atoms with Crippen LogP contribution in [-0.2, 0) is 14.1 Å². The number of halogens is 1. The lowest BCUT2D eigenvalue weighted by Gasteiger charge is -2.21. The van der Waals surface area contributed by atoms with E-state index in [2.05, 4.69) is 74.5 Å². The van der Waals surface area contributed by atoms with Crippen molar-refractivity contribution in [3.8, 4) is 23.5 Å². The second-order valence-electron chi connectivity index (χ2n) is 8.37. The summed E-state index contributed by atoms with van der Waals surface area (Å²) >= 11 is 2.33. The molecule has 2 aromatic heterocycles. The number of fused-ring (bicyclic) bond motifs is 1. The molecular weight excluding hydrogens is 533 g/mol. The predicted octanol–water partition coefficient (Wildman–Crippen LogP) is 5.71. The summed E-state index contributed by atoms with van der Waals surface area (Å²) in [5.41, 5.74) is 6.83. The summed E-state index contributed by atoms with van der Waals surface area (Å²) in [6.07, 6.45) is 9.40. The van der Waals surface area contributed by atoms with E-state index in [0.717, 1.165) is 38.9 Å². The third kappa shape index (κ3) is 3.95. The molecule has 5 heteroatoms. The molecule has 1 atom stereocenters. The summed E-state index contributed by atoms with van der Waals surface area (Å²) in [6.45, 7) is 0. The van der Waals surface area contributed by atoms with Gasteiger partial charge in [-0.1, -0.05) is 36.3 Å². The van der Waals surface area contributed by atoms with Gasteiger partial charge in [-0.3, -0.25) is 4.79 Å². The maximum Gasteiger partial charge on any atom is 0.251 e. The Hall–Kier alpha value is -3.63. The first kappa shape index (κ1) is 22.2. The third-order valence-electron chi connectivity index (χ3n) is 6.30. The monoisotopic (exact) mass is 555 g/mol. The van der Waals surface area contributed by atoms with Gasteiger partial charge in [0.05, 0.1) is 17.8 Å². The number of aromatic nitrogens is 3. The number of benzene rings is 3. The Labute approximate surface area is 212 Å². The van der Waals surface area contributed by atoms with Crippen molar-refractivity contribution in [1.29, 1.82) is 0 Å². The highest BCUT2D eigenvalue weighted by Gasteiger charge is 2.21. The van der Waals surface area contributed by atoms with Crippen LogP contribution in [0.4, 0.5) is 0 Å². The first-order valence-electron chi connectivity index (χ1n) is 10.9. The molecule has 0 saturated heterocycles. The summed E-state index contributed by atoms with van der Waals surface area (Å²) in [5.74, 6) is 2.69. The number of terminal acetylenes is 1. The van der Waals surface area contributed by atoms with Gasteiger partial charge in [-0.05, 0) is 81.2 Å². The van der Waals surface area contributed by atoms with E-state index in [1.54, 1.807) is 10.6 Å². The van der Waals surface area contributed by atoms with E-state index >= 15 is 0 Å². The van der Waals surface area contributed by atoms with Crippen LogP contribution in [-0.4, -0.2) is 14.1 Å². The highest BCUT2D eigenvalue weighted by Crippen LogP contribution is 2.36. The number of hydrogen-bond donors (Lipinski definition) is 0. The van der Waals surface area contributed by atoms with Crippen LogP contribution in [0.3, 0.4) is 0 Å². The van der Waals surface area contributed by atoms with Crippen LogP contribution in [0, 0.1) is 15.9 Å². The normalized spacial score (nSPS) is 11.9. The number of hydrogen-bond acceptors (Lipinski definition) is 2. The van der Waals surface area contributed by atoms with Gasteiger partial charge >= 0.3 is 0 Å². The van der Waals surface area contributed by atoms with Gasteiger partial charge in [0, 0.05) is 46.6 Å². The zero-order valence-corrected chi connectivity index (χ0v) is 21.0. The van der Waals surface area contributed by atoms with E-state index in [4.69, 9.17) is 6.42 Å². The predicted molar refractivity (Wildman–Crippen MR) is 146 cm³/mol. The van der Waals surface area contributed by atoms with Crippen molar-refractivity contribution in [2.24, 2.45) is 14.1 Å². The Morgan fingerprint density at radius 2 is 1.74 bits per heavy atom. The van der Waals surface area contributed by atoms with E-state index in [1.165, 1.54) is 9.13 Å². The van der Waals surface area contributed by atoms with Crippen molar-refractivity contribution in [3.05, 3.63) is 122 Å². The van der Waals surface area contributed by atoms with Crippen molar-refractivity contribution in [2.45, 2.75) is 5.92 Å². The van der Waals surface area contributed by atoms with E-state index in [9.17, 15) is 4.79 Å². The number of rotatable bonds is 4. The Morgan fingerprint density at radius 3 is 2.44 bits per heavy atom. The average molecular weight is 555 g/mol. The van der Waals surface area contributed by atoms with Crippen LogP contribution in [0.25, 0.3) is 22.0 Å². The highest BCUT2D eigenvalue weighted by molar-refractivity contribution is 14.1. The fourth-order valence-electron chi connectivity index (χ4n) is 4.51. The van der Waals surface area contributed by atoms with Gasteiger partial charge in [-0.2, -0.15) is 0 Å². The molecule has 3 aromatic carbocycles. The lowest BCUT2D eigenvalue weighted by atomic mass is 9.87. The summed E-state index contributed by atoms with van der Waals surface area (Å²) < 4.78 is 4.94. The summed E-state index contributed by atoms with van der Waals surface area (Å²) in [6, 6.07) is 24.4. The standard InChI is InChI=1S/C29H22IN3O/c1-4-19-6-5-7-21(14-19)24-16-28(34)33(3)26-13-10-22(15-25(24)26)29(27-17-31-18-32(27)2)20-8-11-23(30)12-9-20/h1,5-18,29H,2-3H3/t29-/m1/s1. The number of imidazole rings is 1. The maximum atomic E-state index is 12.8. The van der Waals surface area contributed by atoms with E-state index in [1.807, 2.05) is 57.0 Å². The first-order chi connectivity index (χ1) is 16.5. The lowest BCUT2D eigenvalue weighted by molar-refractivity contribution is 0.793. The van der Waals surface area contributed by atoms with E-state index in [-0.39, 0.29) is 11.5 Å².